The third-order valence-corrected chi connectivity index (χ3v) is 2.10. The summed E-state index contributed by atoms with van der Waals surface area (Å²) in [7, 11) is -0.645. The fourth-order valence-electron chi connectivity index (χ4n) is 1.09. The van der Waals surface area contributed by atoms with Gasteiger partial charge in [0.15, 0.2) is 0 Å². The van der Waals surface area contributed by atoms with Crippen molar-refractivity contribution in [2.45, 2.75) is 0 Å². The van der Waals surface area contributed by atoms with Crippen LogP contribution in [0.25, 0.3) is 0 Å². The highest BCUT2D eigenvalue weighted by atomic mass is 32.2. The van der Waals surface area contributed by atoms with E-state index in [1.54, 1.807) is 43.3 Å². The molecule has 0 saturated heterocycles. The molecule has 2 N–H and O–H groups in total. The Morgan fingerprint density at radius 3 is 2.36 bits per heavy atom. The smallest absolute Gasteiger partial charge is 0.357 e. The molecule has 5 nitrogen and oxygen atoms in total. The lowest BCUT2D eigenvalue weighted by Crippen LogP contribution is -2.15. The summed E-state index contributed by atoms with van der Waals surface area (Å²) < 4.78 is 31.8. The van der Waals surface area contributed by atoms with Gasteiger partial charge in [-0.3, -0.25) is 9.27 Å². The molecule has 1 aromatic rings. The van der Waals surface area contributed by atoms with E-state index >= 15 is 0 Å². The molecule has 0 aliphatic rings. The number of hydrogen-bond acceptors (Lipinski definition) is 3. The third-order valence-electron chi connectivity index (χ3n) is 1.62. The lowest BCUT2D eigenvalue weighted by molar-refractivity contribution is 0.490. The van der Waals surface area contributed by atoms with E-state index < -0.39 is 10.3 Å². The van der Waals surface area contributed by atoms with Crippen LogP contribution in [-0.4, -0.2) is 27.1 Å². The van der Waals surface area contributed by atoms with Gasteiger partial charge < -0.3 is 4.90 Å². The van der Waals surface area contributed by atoms with Crippen LogP contribution in [0.5, 0.6) is 0 Å². The Bertz CT molecular complexity index is 414. The molecule has 1 aromatic carbocycles. The Kier molecular flexibility index (Phi) is 2.97. The first-order valence-corrected chi connectivity index (χ1v) is 5.36. The van der Waals surface area contributed by atoms with E-state index in [0.29, 0.717) is 11.4 Å². The Morgan fingerprint density at radius 2 is 1.86 bits per heavy atom. The molecule has 0 bridgehead atoms. The monoisotopic (exact) mass is 216 g/mol. The zero-order chi connectivity index (χ0) is 10.8. The highest BCUT2D eigenvalue weighted by Crippen LogP contribution is 2.23. The maximum Gasteiger partial charge on any atom is 0.357 e. The Balaban J connectivity index is 3.08. The van der Waals surface area contributed by atoms with Crippen LogP contribution in [0, 0.1) is 0 Å². The summed E-state index contributed by atoms with van der Waals surface area (Å²) >= 11 is 0. The van der Waals surface area contributed by atoms with Gasteiger partial charge in [-0.15, -0.1) is 0 Å². The quantitative estimate of drug-likeness (QED) is 0.738. The number of anilines is 2. The molecule has 0 unspecified atom stereocenters. The van der Waals surface area contributed by atoms with E-state index in [4.69, 9.17) is 4.55 Å². The van der Waals surface area contributed by atoms with Crippen molar-refractivity contribution in [1.29, 1.82) is 0 Å². The van der Waals surface area contributed by atoms with Crippen LogP contribution in [0.3, 0.4) is 0 Å². The van der Waals surface area contributed by atoms with Crippen LogP contribution < -0.4 is 9.62 Å². The predicted octanol–water partition coefficient (Wildman–Crippen LogP) is 0.967. The normalized spacial score (nSPS) is 11.1. The Hall–Kier alpha value is -1.27. The average Bonchev–Trinajstić information content (AvgIpc) is 2.01. The van der Waals surface area contributed by atoms with E-state index in [1.165, 1.54) is 0 Å². The van der Waals surface area contributed by atoms with E-state index in [-0.39, 0.29) is 0 Å². The van der Waals surface area contributed by atoms with E-state index in [0.717, 1.165) is 0 Å². The third kappa shape index (κ3) is 2.90. The van der Waals surface area contributed by atoms with Gasteiger partial charge in [-0.1, -0.05) is 12.1 Å². The van der Waals surface area contributed by atoms with Gasteiger partial charge in [-0.25, -0.2) is 0 Å². The van der Waals surface area contributed by atoms with Crippen molar-refractivity contribution in [1.82, 2.24) is 0 Å². The minimum Gasteiger partial charge on any atom is -0.376 e. The highest BCUT2D eigenvalue weighted by Gasteiger charge is 2.08. The molecule has 0 radical (unpaired) electrons. The predicted molar refractivity (Wildman–Crippen MR) is 55.9 cm³/mol. The topological polar surface area (TPSA) is 69.6 Å². The molecule has 0 amide bonds. The van der Waals surface area contributed by atoms with Crippen molar-refractivity contribution in [2.75, 3.05) is 23.7 Å². The first-order valence-electron chi connectivity index (χ1n) is 3.92. The van der Waals surface area contributed by atoms with Gasteiger partial charge in [0.2, 0.25) is 0 Å². The first kappa shape index (κ1) is 10.8. The highest BCUT2D eigenvalue weighted by molar-refractivity contribution is 7.87. The van der Waals surface area contributed by atoms with Gasteiger partial charge in [0.1, 0.15) is 0 Å². The molecule has 6 heteroatoms. The Labute approximate surface area is 83.2 Å². The number of nitrogens with one attached hydrogen (secondary N) is 1. The molecule has 0 heterocycles. The SMILES string of the molecule is CN(C)c1ccccc1NS(=O)(=O)O. The molecular formula is C8H12N2O3S. The number of nitrogens with zero attached hydrogens (tertiary/aromatic N) is 1. The zero-order valence-electron chi connectivity index (χ0n) is 7.93. The summed E-state index contributed by atoms with van der Waals surface area (Å²) in [5, 5.41) is 0. The van der Waals surface area contributed by atoms with Crippen molar-refractivity contribution < 1.29 is 13.0 Å². The molecule has 0 atom stereocenters. The van der Waals surface area contributed by atoms with Gasteiger partial charge in [0.05, 0.1) is 11.4 Å². The summed E-state index contributed by atoms with van der Waals surface area (Å²) in [6.07, 6.45) is 0. The van der Waals surface area contributed by atoms with Gasteiger partial charge in [-0.05, 0) is 12.1 Å². The second kappa shape index (κ2) is 3.85. The molecule has 0 aliphatic carbocycles. The second-order valence-electron chi connectivity index (χ2n) is 2.99. The largest absolute Gasteiger partial charge is 0.376 e. The van der Waals surface area contributed by atoms with Crippen molar-refractivity contribution in [3.05, 3.63) is 24.3 Å². The average molecular weight is 216 g/mol. The van der Waals surface area contributed by atoms with Crippen LogP contribution in [-0.2, 0) is 10.3 Å². The number of rotatable bonds is 3. The van der Waals surface area contributed by atoms with Crippen molar-refractivity contribution in [3.63, 3.8) is 0 Å². The minimum absolute atomic E-state index is 0.347. The maximum absolute atomic E-state index is 10.6. The molecule has 0 fully saturated rings. The summed E-state index contributed by atoms with van der Waals surface area (Å²) in [5.74, 6) is 0. The van der Waals surface area contributed by atoms with Crippen LogP contribution in [0.2, 0.25) is 0 Å². The van der Waals surface area contributed by atoms with Crippen molar-refractivity contribution >= 4 is 21.7 Å². The lowest BCUT2D eigenvalue weighted by atomic mass is 10.2. The van der Waals surface area contributed by atoms with Crippen molar-refractivity contribution in [2.24, 2.45) is 0 Å². The fraction of sp³-hybridized carbons (Fsp3) is 0.250. The van der Waals surface area contributed by atoms with Crippen LogP contribution in [0.1, 0.15) is 0 Å². The molecular weight excluding hydrogens is 204 g/mol. The first-order chi connectivity index (χ1) is 6.40. The number of hydrogen-bond donors (Lipinski definition) is 2. The second-order valence-corrected chi connectivity index (χ2v) is 4.14. The van der Waals surface area contributed by atoms with Crippen LogP contribution in [0.4, 0.5) is 11.4 Å². The maximum atomic E-state index is 10.6. The standard InChI is InChI=1S/C8H12N2O3S/c1-10(2)8-6-4-3-5-7(8)9-14(11,12)13/h3-6,9H,1-2H3,(H,11,12,13). The summed E-state index contributed by atoms with van der Waals surface area (Å²) in [4.78, 5) is 1.74. The molecule has 78 valence electrons. The van der Waals surface area contributed by atoms with E-state index in [1.807, 2.05) is 4.72 Å². The molecule has 0 spiro atoms. The van der Waals surface area contributed by atoms with Gasteiger partial charge in [0.25, 0.3) is 0 Å². The van der Waals surface area contributed by atoms with E-state index in [2.05, 4.69) is 0 Å². The fourth-order valence-corrected chi connectivity index (χ4v) is 1.54. The Morgan fingerprint density at radius 1 is 1.29 bits per heavy atom. The van der Waals surface area contributed by atoms with Crippen LogP contribution in [0.15, 0.2) is 24.3 Å². The summed E-state index contributed by atoms with van der Waals surface area (Å²) in [6, 6.07) is 6.78. The van der Waals surface area contributed by atoms with Gasteiger partial charge >= 0.3 is 10.3 Å². The molecule has 0 saturated carbocycles. The lowest BCUT2D eigenvalue weighted by Gasteiger charge is -2.16. The molecule has 1 rings (SSSR count). The van der Waals surface area contributed by atoms with Gasteiger partial charge in [-0.2, -0.15) is 8.42 Å². The summed E-state index contributed by atoms with van der Waals surface area (Å²) in [5.41, 5.74) is 1.03. The number of benzene rings is 1. The minimum atomic E-state index is -4.21. The molecule has 0 aliphatic heterocycles. The van der Waals surface area contributed by atoms with Crippen molar-refractivity contribution in [3.8, 4) is 0 Å². The van der Waals surface area contributed by atoms with E-state index in [9.17, 15) is 8.42 Å². The summed E-state index contributed by atoms with van der Waals surface area (Å²) in [6.45, 7) is 0. The zero-order valence-corrected chi connectivity index (χ0v) is 8.75. The molecule has 14 heavy (non-hydrogen) atoms. The van der Waals surface area contributed by atoms with Gasteiger partial charge in [0, 0.05) is 14.1 Å². The molecule has 0 aromatic heterocycles. The number of para-hydroxylation sites is 2. The van der Waals surface area contributed by atoms with Crippen LogP contribution >= 0.6 is 0 Å².